The Balaban J connectivity index is 1.97. The Morgan fingerprint density at radius 1 is 1.10 bits per heavy atom. The second kappa shape index (κ2) is 5.58. The van der Waals surface area contributed by atoms with E-state index in [4.69, 9.17) is 15.5 Å². The van der Waals surface area contributed by atoms with Gasteiger partial charge >= 0.3 is 0 Å². The van der Waals surface area contributed by atoms with E-state index in [1.165, 1.54) is 0 Å². The second-order valence-corrected chi connectivity index (χ2v) is 5.64. The number of nitrogens with zero attached hydrogens (tertiary/aromatic N) is 1. The van der Waals surface area contributed by atoms with Crippen LogP contribution in [0, 0.1) is 6.92 Å². The Bertz CT molecular complexity index is 763. The van der Waals surface area contributed by atoms with Gasteiger partial charge in [-0.3, -0.25) is 0 Å². The zero-order valence-electron chi connectivity index (χ0n) is 12.0. The van der Waals surface area contributed by atoms with Crippen molar-refractivity contribution in [2.45, 2.75) is 6.92 Å². The van der Waals surface area contributed by atoms with Gasteiger partial charge in [0, 0.05) is 22.2 Å². The Morgan fingerprint density at radius 2 is 1.86 bits per heavy atom. The number of ether oxygens (including phenoxy) is 1. The number of methoxy groups -OCH3 is 1. The Labute approximate surface area is 128 Å². The van der Waals surface area contributed by atoms with E-state index in [0.717, 1.165) is 38.8 Å². The minimum Gasteiger partial charge on any atom is -0.497 e. The summed E-state index contributed by atoms with van der Waals surface area (Å²) in [4.78, 5) is 4.73. The molecule has 3 nitrogen and oxygen atoms in total. The maximum Gasteiger partial charge on any atom is 0.124 e. The molecule has 0 bridgehead atoms. The zero-order chi connectivity index (χ0) is 14.8. The van der Waals surface area contributed by atoms with E-state index in [2.05, 4.69) is 11.4 Å². The first-order valence-electron chi connectivity index (χ1n) is 6.64. The molecule has 0 saturated heterocycles. The highest BCUT2D eigenvalue weighted by Crippen LogP contribution is 2.32. The third kappa shape index (κ3) is 2.62. The molecule has 0 aliphatic heterocycles. The fourth-order valence-electron chi connectivity index (χ4n) is 2.18. The molecule has 0 atom stereocenters. The van der Waals surface area contributed by atoms with Crippen molar-refractivity contribution >= 4 is 17.0 Å². The van der Waals surface area contributed by atoms with Gasteiger partial charge in [0.2, 0.25) is 0 Å². The minimum absolute atomic E-state index is 0.800. The molecule has 0 aliphatic rings. The molecule has 2 aromatic carbocycles. The van der Waals surface area contributed by atoms with Crippen LogP contribution in [-0.4, -0.2) is 12.1 Å². The van der Waals surface area contributed by atoms with Gasteiger partial charge in [0.1, 0.15) is 10.8 Å². The molecule has 0 spiro atoms. The van der Waals surface area contributed by atoms with E-state index in [9.17, 15) is 0 Å². The number of hydrogen-bond acceptors (Lipinski definition) is 4. The molecular formula is C17H16N2OS. The van der Waals surface area contributed by atoms with E-state index in [0.29, 0.717) is 0 Å². The van der Waals surface area contributed by atoms with Gasteiger partial charge < -0.3 is 10.5 Å². The standard InChI is InChI=1S/C17H16N2OS/c1-11-14(4-3-5-15(11)18)17-19-16(10-21-17)12-6-8-13(20-2)9-7-12/h3-10H,18H2,1-2H3. The molecule has 0 saturated carbocycles. The number of rotatable bonds is 3. The summed E-state index contributed by atoms with van der Waals surface area (Å²) in [6.45, 7) is 2.03. The summed E-state index contributed by atoms with van der Waals surface area (Å²) in [6.07, 6.45) is 0. The van der Waals surface area contributed by atoms with Crippen LogP contribution in [0.1, 0.15) is 5.56 Å². The van der Waals surface area contributed by atoms with Gasteiger partial charge in [0.05, 0.1) is 12.8 Å². The van der Waals surface area contributed by atoms with Crippen molar-refractivity contribution in [2.24, 2.45) is 0 Å². The van der Waals surface area contributed by atoms with Crippen LogP contribution in [0.4, 0.5) is 5.69 Å². The summed E-state index contributed by atoms with van der Waals surface area (Å²) in [7, 11) is 1.67. The van der Waals surface area contributed by atoms with Gasteiger partial charge in [-0.1, -0.05) is 12.1 Å². The minimum atomic E-state index is 0.800. The van der Waals surface area contributed by atoms with Crippen LogP contribution in [0.3, 0.4) is 0 Å². The molecule has 3 aromatic rings. The fourth-order valence-corrected chi connectivity index (χ4v) is 3.09. The molecule has 4 heteroatoms. The van der Waals surface area contributed by atoms with Gasteiger partial charge in [0.15, 0.2) is 0 Å². The number of aromatic nitrogens is 1. The Morgan fingerprint density at radius 3 is 2.57 bits per heavy atom. The summed E-state index contributed by atoms with van der Waals surface area (Å²) in [5.41, 5.74) is 11.0. The van der Waals surface area contributed by atoms with Crippen LogP contribution in [0.5, 0.6) is 5.75 Å². The molecule has 0 fully saturated rings. The van der Waals surface area contributed by atoms with Crippen molar-refractivity contribution in [3.8, 4) is 27.6 Å². The molecule has 106 valence electrons. The number of benzene rings is 2. The largest absolute Gasteiger partial charge is 0.497 e. The van der Waals surface area contributed by atoms with Crippen molar-refractivity contribution in [1.29, 1.82) is 0 Å². The third-order valence-corrected chi connectivity index (χ3v) is 4.37. The highest BCUT2D eigenvalue weighted by atomic mass is 32.1. The third-order valence-electron chi connectivity index (χ3n) is 3.50. The van der Waals surface area contributed by atoms with Crippen LogP contribution in [0.15, 0.2) is 47.8 Å². The molecule has 0 amide bonds. The molecule has 0 unspecified atom stereocenters. The van der Waals surface area contributed by atoms with Crippen LogP contribution >= 0.6 is 11.3 Å². The molecule has 1 heterocycles. The normalized spacial score (nSPS) is 10.6. The molecule has 1 aromatic heterocycles. The van der Waals surface area contributed by atoms with Crippen molar-refractivity contribution in [2.75, 3.05) is 12.8 Å². The van der Waals surface area contributed by atoms with Gasteiger partial charge in [-0.2, -0.15) is 0 Å². The summed E-state index contributed by atoms with van der Waals surface area (Å²) in [5.74, 6) is 0.848. The Kier molecular flexibility index (Phi) is 3.62. The predicted molar refractivity (Wildman–Crippen MR) is 88.7 cm³/mol. The lowest BCUT2D eigenvalue weighted by Gasteiger charge is -2.05. The maximum absolute atomic E-state index is 5.97. The van der Waals surface area contributed by atoms with Crippen LogP contribution in [0.25, 0.3) is 21.8 Å². The molecule has 0 aliphatic carbocycles. The van der Waals surface area contributed by atoms with Gasteiger partial charge in [-0.25, -0.2) is 4.98 Å². The molecule has 0 radical (unpaired) electrons. The highest BCUT2D eigenvalue weighted by Gasteiger charge is 2.10. The first-order valence-corrected chi connectivity index (χ1v) is 7.52. The number of nitrogen functional groups attached to an aromatic ring is 1. The van der Waals surface area contributed by atoms with Gasteiger partial charge in [-0.05, 0) is 42.8 Å². The average Bonchev–Trinajstić information content (AvgIpc) is 3.00. The lowest BCUT2D eigenvalue weighted by Crippen LogP contribution is -1.91. The lowest BCUT2D eigenvalue weighted by molar-refractivity contribution is 0.415. The number of nitrogens with two attached hydrogens (primary N) is 1. The number of anilines is 1. The zero-order valence-corrected chi connectivity index (χ0v) is 12.8. The topological polar surface area (TPSA) is 48.1 Å². The predicted octanol–water partition coefficient (Wildman–Crippen LogP) is 4.38. The van der Waals surface area contributed by atoms with E-state index in [-0.39, 0.29) is 0 Å². The number of thiazole rings is 1. The van der Waals surface area contributed by atoms with Crippen molar-refractivity contribution in [3.05, 3.63) is 53.4 Å². The van der Waals surface area contributed by atoms with Crippen LogP contribution < -0.4 is 10.5 Å². The highest BCUT2D eigenvalue weighted by molar-refractivity contribution is 7.13. The SMILES string of the molecule is COc1ccc(-c2csc(-c3cccc(N)c3C)n2)cc1. The van der Waals surface area contributed by atoms with Gasteiger partial charge in [0.25, 0.3) is 0 Å². The summed E-state index contributed by atoms with van der Waals surface area (Å²) < 4.78 is 5.18. The van der Waals surface area contributed by atoms with Crippen molar-refractivity contribution < 1.29 is 4.74 Å². The summed E-state index contributed by atoms with van der Waals surface area (Å²) >= 11 is 1.63. The smallest absolute Gasteiger partial charge is 0.124 e. The Hall–Kier alpha value is -2.33. The first kappa shape index (κ1) is 13.6. The van der Waals surface area contributed by atoms with Crippen LogP contribution in [0.2, 0.25) is 0 Å². The molecule has 3 rings (SSSR count). The maximum atomic E-state index is 5.97. The quantitative estimate of drug-likeness (QED) is 0.730. The summed E-state index contributed by atoms with van der Waals surface area (Å²) in [5, 5.41) is 3.06. The van der Waals surface area contributed by atoms with Crippen LogP contribution in [-0.2, 0) is 0 Å². The average molecular weight is 296 g/mol. The fraction of sp³-hybridized carbons (Fsp3) is 0.118. The molecular weight excluding hydrogens is 280 g/mol. The monoisotopic (exact) mass is 296 g/mol. The van der Waals surface area contributed by atoms with E-state index >= 15 is 0 Å². The lowest BCUT2D eigenvalue weighted by atomic mass is 10.1. The second-order valence-electron chi connectivity index (χ2n) is 4.79. The van der Waals surface area contributed by atoms with E-state index in [1.54, 1.807) is 18.4 Å². The van der Waals surface area contributed by atoms with E-state index in [1.807, 2.05) is 43.3 Å². The van der Waals surface area contributed by atoms with E-state index < -0.39 is 0 Å². The van der Waals surface area contributed by atoms with Crippen molar-refractivity contribution in [1.82, 2.24) is 4.98 Å². The molecule has 21 heavy (non-hydrogen) atoms. The first-order chi connectivity index (χ1) is 10.2. The summed E-state index contributed by atoms with van der Waals surface area (Å²) in [6, 6.07) is 13.9. The van der Waals surface area contributed by atoms with Crippen molar-refractivity contribution in [3.63, 3.8) is 0 Å². The molecule has 2 N–H and O–H groups in total. The number of hydrogen-bond donors (Lipinski definition) is 1. The van der Waals surface area contributed by atoms with Gasteiger partial charge in [-0.15, -0.1) is 11.3 Å².